The molecule has 1 aromatic rings. The summed E-state index contributed by atoms with van der Waals surface area (Å²) in [6.07, 6.45) is 1.52. The SMILES string of the molecule is CCNCC1CCN(C(=O)c2cc(F)c(F)c(O)c2F)CC1. The lowest BCUT2D eigenvalue weighted by atomic mass is 9.96. The van der Waals surface area contributed by atoms with E-state index in [1.807, 2.05) is 6.92 Å². The number of benzene rings is 1. The van der Waals surface area contributed by atoms with Crippen LogP contribution in [0.1, 0.15) is 30.1 Å². The highest BCUT2D eigenvalue weighted by atomic mass is 19.2. The standard InChI is InChI=1S/C15H19F3N2O2/c1-2-19-8-9-3-5-20(6-4-9)15(22)10-7-11(16)13(18)14(21)12(10)17/h7,9,19,21H,2-6,8H2,1H3. The average Bonchev–Trinajstić information content (AvgIpc) is 2.54. The summed E-state index contributed by atoms with van der Waals surface area (Å²) in [5.74, 6) is -6.28. The molecular formula is C15H19F3N2O2. The molecule has 1 fully saturated rings. The molecule has 22 heavy (non-hydrogen) atoms. The van der Waals surface area contributed by atoms with Crippen LogP contribution in [-0.4, -0.2) is 42.1 Å². The molecule has 0 spiro atoms. The maximum absolute atomic E-state index is 13.8. The van der Waals surface area contributed by atoms with Gasteiger partial charge < -0.3 is 15.3 Å². The molecule has 4 nitrogen and oxygen atoms in total. The average molecular weight is 316 g/mol. The molecule has 2 rings (SSSR count). The zero-order chi connectivity index (χ0) is 16.3. The smallest absolute Gasteiger partial charge is 0.257 e. The van der Waals surface area contributed by atoms with Gasteiger partial charge in [-0.1, -0.05) is 6.92 Å². The van der Waals surface area contributed by atoms with Crippen molar-refractivity contribution < 1.29 is 23.1 Å². The Morgan fingerprint density at radius 2 is 1.95 bits per heavy atom. The van der Waals surface area contributed by atoms with Crippen LogP contribution in [0.4, 0.5) is 13.2 Å². The first kappa shape index (κ1) is 16.6. The number of carbonyl (C=O) groups excluding carboxylic acids is 1. The second kappa shape index (κ2) is 7.00. The van der Waals surface area contributed by atoms with Crippen LogP contribution in [0.5, 0.6) is 5.75 Å². The molecule has 0 aromatic heterocycles. The quantitative estimate of drug-likeness (QED) is 0.838. The van der Waals surface area contributed by atoms with Gasteiger partial charge in [0.1, 0.15) is 0 Å². The fraction of sp³-hybridized carbons (Fsp3) is 0.533. The van der Waals surface area contributed by atoms with Crippen molar-refractivity contribution in [2.24, 2.45) is 5.92 Å². The highest BCUT2D eigenvalue weighted by Gasteiger charge is 2.28. The maximum Gasteiger partial charge on any atom is 0.257 e. The summed E-state index contributed by atoms with van der Waals surface area (Å²) < 4.78 is 40.1. The Bertz CT molecular complexity index is 558. The first-order chi connectivity index (χ1) is 10.5. The highest BCUT2D eigenvalue weighted by molar-refractivity contribution is 5.95. The van der Waals surface area contributed by atoms with Crippen molar-refractivity contribution in [3.05, 3.63) is 29.1 Å². The molecule has 1 amide bonds. The van der Waals surface area contributed by atoms with Gasteiger partial charge >= 0.3 is 0 Å². The van der Waals surface area contributed by atoms with Gasteiger partial charge in [-0.25, -0.2) is 8.78 Å². The van der Waals surface area contributed by atoms with E-state index in [0.717, 1.165) is 25.9 Å². The number of phenolic OH excluding ortho intramolecular Hbond substituents is 1. The minimum absolute atomic E-state index is 0.425. The van der Waals surface area contributed by atoms with Crippen LogP contribution in [-0.2, 0) is 0 Å². The summed E-state index contributed by atoms with van der Waals surface area (Å²) in [7, 11) is 0. The molecule has 0 aliphatic carbocycles. The topological polar surface area (TPSA) is 52.6 Å². The summed E-state index contributed by atoms with van der Waals surface area (Å²) in [5, 5.41) is 12.4. The molecule has 1 aromatic carbocycles. The van der Waals surface area contributed by atoms with E-state index in [4.69, 9.17) is 0 Å². The Hall–Kier alpha value is -1.76. The monoisotopic (exact) mass is 316 g/mol. The third kappa shape index (κ3) is 3.35. The first-order valence-corrected chi connectivity index (χ1v) is 7.32. The number of amides is 1. The molecule has 0 radical (unpaired) electrons. The summed E-state index contributed by atoms with van der Waals surface area (Å²) in [6.45, 7) is 4.59. The van der Waals surface area contributed by atoms with Gasteiger partial charge in [-0.05, 0) is 37.9 Å². The molecule has 0 bridgehead atoms. The van der Waals surface area contributed by atoms with Crippen molar-refractivity contribution in [2.45, 2.75) is 19.8 Å². The van der Waals surface area contributed by atoms with Gasteiger partial charge in [-0.15, -0.1) is 0 Å². The van der Waals surface area contributed by atoms with Crippen molar-refractivity contribution in [3.63, 3.8) is 0 Å². The molecule has 122 valence electrons. The summed E-state index contributed by atoms with van der Waals surface area (Å²) in [6, 6.07) is 0.497. The zero-order valence-electron chi connectivity index (χ0n) is 12.3. The van der Waals surface area contributed by atoms with E-state index >= 15 is 0 Å². The lowest BCUT2D eigenvalue weighted by molar-refractivity contribution is 0.0683. The van der Waals surface area contributed by atoms with Crippen molar-refractivity contribution in [2.75, 3.05) is 26.2 Å². The predicted molar refractivity (Wildman–Crippen MR) is 75.2 cm³/mol. The van der Waals surface area contributed by atoms with Gasteiger partial charge in [0, 0.05) is 13.1 Å². The van der Waals surface area contributed by atoms with Crippen LogP contribution in [0.3, 0.4) is 0 Å². The van der Waals surface area contributed by atoms with Gasteiger partial charge in [0.2, 0.25) is 5.82 Å². The zero-order valence-corrected chi connectivity index (χ0v) is 12.3. The number of carbonyl (C=O) groups is 1. The van der Waals surface area contributed by atoms with Crippen molar-refractivity contribution in [1.29, 1.82) is 0 Å². The van der Waals surface area contributed by atoms with E-state index < -0.39 is 34.7 Å². The van der Waals surface area contributed by atoms with E-state index in [9.17, 15) is 23.1 Å². The molecule has 0 unspecified atom stereocenters. The normalized spacial score (nSPS) is 16.1. The van der Waals surface area contributed by atoms with E-state index in [1.165, 1.54) is 4.90 Å². The minimum Gasteiger partial charge on any atom is -0.503 e. The van der Waals surface area contributed by atoms with Crippen LogP contribution < -0.4 is 5.32 Å². The first-order valence-electron chi connectivity index (χ1n) is 7.32. The second-order valence-electron chi connectivity index (χ2n) is 5.43. The molecule has 7 heteroatoms. The Kier molecular flexibility index (Phi) is 5.28. The number of piperidine rings is 1. The van der Waals surface area contributed by atoms with E-state index in [1.54, 1.807) is 0 Å². The lowest BCUT2D eigenvalue weighted by Crippen LogP contribution is -2.41. The summed E-state index contributed by atoms with van der Waals surface area (Å²) in [4.78, 5) is 13.6. The Labute approximate surface area is 126 Å². The van der Waals surface area contributed by atoms with Crippen LogP contribution >= 0.6 is 0 Å². The van der Waals surface area contributed by atoms with Crippen LogP contribution in [0.25, 0.3) is 0 Å². The van der Waals surface area contributed by atoms with Gasteiger partial charge in [0.15, 0.2) is 17.4 Å². The minimum atomic E-state index is -1.68. The number of likely N-dealkylation sites (tertiary alicyclic amines) is 1. The molecule has 0 saturated carbocycles. The van der Waals surface area contributed by atoms with Crippen molar-refractivity contribution in [3.8, 4) is 5.75 Å². The number of rotatable bonds is 4. The van der Waals surface area contributed by atoms with Gasteiger partial charge in [-0.2, -0.15) is 4.39 Å². The number of nitrogens with one attached hydrogen (secondary N) is 1. The number of aromatic hydroxyl groups is 1. The molecule has 1 heterocycles. The number of phenols is 1. The number of hydrogen-bond acceptors (Lipinski definition) is 3. The van der Waals surface area contributed by atoms with E-state index in [2.05, 4.69) is 5.32 Å². The van der Waals surface area contributed by atoms with E-state index in [-0.39, 0.29) is 0 Å². The predicted octanol–water partition coefficient (Wildman–Crippen LogP) is 2.27. The second-order valence-corrected chi connectivity index (χ2v) is 5.43. The Morgan fingerprint density at radius 1 is 1.32 bits per heavy atom. The van der Waals surface area contributed by atoms with E-state index in [0.29, 0.717) is 25.1 Å². The Balaban J connectivity index is 2.08. The van der Waals surface area contributed by atoms with Crippen LogP contribution in [0, 0.1) is 23.4 Å². The molecule has 0 atom stereocenters. The number of halogens is 3. The molecule has 1 saturated heterocycles. The third-order valence-electron chi connectivity index (χ3n) is 3.95. The fourth-order valence-electron chi connectivity index (χ4n) is 2.61. The summed E-state index contributed by atoms with van der Waals surface area (Å²) in [5.41, 5.74) is -0.637. The number of nitrogens with zero attached hydrogens (tertiary/aromatic N) is 1. The molecule has 1 aliphatic heterocycles. The molecular weight excluding hydrogens is 297 g/mol. The van der Waals surface area contributed by atoms with Gasteiger partial charge in [0.25, 0.3) is 5.91 Å². The fourth-order valence-corrected chi connectivity index (χ4v) is 2.61. The Morgan fingerprint density at radius 3 is 2.55 bits per heavy atom. The van der Waals surface area contributed by atoms with Crippen molar-refractivity contribution >= 4 is 5.91 Å². The number of hydrogen-bond donors (Lipinski definition) is 2. The third-order valence-corrected chi connectivity index (χ3v) is 3.95. The van der Waals surface area contributed by atoms with Gasteiger partial charge in [-0.3, -0.25) is 4.79 Å². The van der Waals surface area contributed by atoms with Crippen LogP contribution in [0.2, 0.25) is 0 Å². The van der Waals surface area contributed by atoms with Crippen molar-refractivity contribution in [1.82, 2.24) is 10.2 Å². The molecule has 2 N–H and O–H groups in total. The van der Waals surface area contributed by atoms with Crippen LogP contribution in [0.15, 0.2) is 6.07 Å². The maximum atomic E-state index is 13.8. The highest BCUT2D eigenvalue weighted by Crippen LogP contribution is 2.27. The van der Waals surface area contributed by atoms with Gasteiger partial charge in [0.05, 0.1) is 5.56 Å². The molecule has 1 aliphatic rings. The summed E-state index contributed by atoms with van der Waals surface area (Å²) >= 11 is 0. The lowest BCUT2D eigenvalue weighted by Gasteiger charge is -2.32. The largest absolute Gasteiger partial charge is 0.503 e.